The van der Waals surface area contributed by atoms with E-state index in [1.807, 2.05) is 0 Å². The number of carbonyl (C=O) groups is 1. The zero-order valence-corrected chi connectivity index (χ0v) is 16.0. The van der Waals surface area contributed by atoms with Crippen molar-refractivity contribution < 1.29 is 9.53 Å². The topological polar surface area (TPSA) is 66.0 Å². The first-order valence-corrected chi connectivity index (χ1v) is 7.90. The van der Waals surface area contributed by atoms with Crippen molar-refractivity contribution in [2.45, 2.75) is 32.1 Å². The Morgan fingerprint density at radius 2 is 2.00 bits per heavy atom. The minimum Gasteiger partial charge on any atom is -0.383 e. The van der Waals surface area contributed by atoms with Gasteiger partial charge in [-0.2, -0.15) is 0 Å². The van der Waals surface area contributed by atoms with Crippen molar-refractivity contribution in [1.29, 1.82) is 0 Å². The number of hydrogen-bond donors (Lipinski definition) is 2. The summed E-state index contributed by atoms with van der Waals surface area (Å²) in [5.74, 6) is 0.823. The Morgan fingerprint density at radius 1 is 1.27 bits per heavy atom. The van der Waals surface area contributed by atoms with Gasteiger partial charge in [-0.05, 0) is 24.7 Å². The number of halogens is 1. The number of ether oxygens (including phenoxy) is 1. The maximum absolute atomic E-state index is 11.7. The fourth-order valence-electron chi connectivity index (χ4n) is 3.50. The van der Waals surface area contributed by atoms with Crippen molar-refractivity contribution in [1.82, 2.24) is 15.5 Å². The highest BCUT2D eigenvalue weighted by Crippen LogP contribution is 2.45. The lowest BCUT2D eigenvalue weighted by Crippen LogP contribution is -2.45. The van der Waals surface area contributed by atoms with Crippen molar-refractivity contribution in [3.8, 4) is 0 Å². The van der Waals surface area contributed by atoms with Gasteiger partial charge in [-0.25, -0.2) is 0 Å². The first kappa shape index (κ1) is 19.5. The summed E-state index contributed by atoms with van der Waals surface area (Å²) < 4.78 is 4.91. The zero-order valence-electron chi connectivity index (χ0n) is 13.7. The molecular weight excluding hydrogens is 395 g/mol. The van der Waals surface area contributed by atoms with Crippen LogP contribution in [0.2, 0.25) is 0 Å². The molecule has 2 N–H and O–H groups in total. The van der Waals surface area contributed by atoms with Crippen LogP contribution in [0.4, 0.5) is 0 Å². The molecule has 22 heavy (non-hydrogen) atoms. The molecule has 1 amide bonds. The Morgan fingerprint density at radius 3 is 2.64 bits per heavy atom. The molecule has 0 atom stereocenters. The molecule has 1 aliphatic heterocycles. The smallest absolute Gasteiger partial charge is 0.239 e. The molecule has 128 valence electrons. The summed E-state index contributed by atoms with van der Waals surface area (Å²) in [6.07, 6.45) is 6.67. The summed E-state index contributed by atoms with van der Waals surface area (Å²) >= 11 is 0. The van der Waals surface area contributed by atoms with E-state index in [4.69, 9.17) is 4.74 Å². The average molecular weight is 424 g/mol. The summed E-state index contributed by atoms with van der Waals surface area (Å²) in [5.41, 5.74) is 0.512. The standard InChI is InChI=1S/C15H28N4O2.HI/c1-16-14(18-11-13(20)17-8-10-21-2)19-9-7-15(12-19)5-3-4-6-15;/h3-12H2,1-2H3,(H,16,18)(H,17,20);1H. The fraction of sp³-hybridized carbons (Fsp3) is 0.867. The Labute approximate surface area is 150 Å². The number of aliphatic imine (C=N–C) groups is 1. The molecule has 1 spiro atoms. The van der Waals surface area contributed by atoms with E-state index in [1.165, 1.54) is 32.1 Å². The summed E-state index contributed by atoms with van der Waals surface area (Å²) in [6.45, 7) is 3.47. The minimum atomic E-state index is -0.0250. The van der Waals surface area contributed by atoms with Crippen LogP contribution in [0.3, 0.4) is 0 Å². The predicted octanol–water partition coefficient (Wildman–Crippen LogP) is 1.21. The van der Waals surface area contributed by atoms with E-state index >= 15 is 0 Å². The van der Waals surface area contributed by atoms with Crippen LogP contribution in [0, 0.1) is 5.41 Å². The quantitative estimate of drug-likeness (QED) is 0.302. The number of nitrogens with zero attached hydrogens (tertiary/aromatic N) is 2. The molecule has 0 aromatic heterocycles. The van der Waals surface area contributed by atoms with Crippen molar-refractivity contribution in [2.24, 2.45) is 10.4 Å². The number of guanidine groups is 1. The van der Waals surface area contributed by atoms with E-state index in [9.17, 15) is 4.79 Å². The van der Waals surface area contributed by atoms with Gasteiger partial charge >= 0.3 is 0 Å². The molecule has 1 saturated carbocycles. The predicted molar refractivity (Wildman–Crippen MR) is 98.8 cm³/mol. The minimum absolute atomic E-state index is 0. The molecule has 7 heteroatoms. The zero-order chi connectivity index (χ0) is 15.1. The summed E-state index contributed by atoms with van der Waals surface area (Å²) in [7, 11) is 3.41. The lowest BCUT2D eigenvalue weighted by atomic mass is 9.86. The third-order valence-electron chi connectivity index (χ3n) is 4.65. The molecule has 0 unspecified atom stereocenters. The molecule has 1 aliphatic carbocycles. The van der Waals surface area contributed by atoms with Gasteiger partial charge < -0.3 is 20.3 Å². The summed E-state index contributed by atoms with van der Waals surface area (Å²) in [5, 5.41) is 5.97. The molecule has 2 aliphatic rings. The van der Waals surface area contributed by atoms with Crippen LogP contribution >= 0.6 is 24.0 Å². The van der Waals surface area contributed by atoms with E-state index < -0.39 is 0 Å². The first-order valence-electron chi connectivity index (χ1n) is 7.90. The third kappa shape index (κ3) is 5.26. The Hall–Kier alpha value is -0.570. The Balaban J connectivity index is 0.00000242. The molecule has 0 aromatic rings. The molecule has 6 nitrogen and oxygen atoms in total. The van der Waals surface area contributed by atoms with E-state index in [2.05, 4.69) is 20.5 Å². The van der Waals surface area contributed by atoms with Crippen LogP contribution in [-0.4, -0.2) is 63.7 Å². The lowest BCUT2D eigenvalue weighted by Gasteiger charge is -2.25. The van der Waals surface area contributed by atoms with Crippen molar-refractivity contribution in [3.63, 3.8) is 0 Å². The van der Waals surface area contributed by atoms with Gasteiger partial charge in [0, 0.05) is 33.8 Å². The molecule has 1 saturated heterocycles. The van der Waals surface area contributed by atoms with Crippen molar-refractivity contribution >= 4 is 35.8 Å². The van der Waals surface area contributed by atoms with Gasteiger partial charge in [0.2, 0.25) is 5.91 Å². The molecule has 2 rings (SSSR count). The van der Waals surface area contributed by atoms with Crippen LogP contribution < -0.4 is 10.6 Å². The lowest BCUT2D eigenvalue weighted by molar-refractivity contribution is -0.120. The van der Waals surface area contributed by atoms with E-state index in [0.29, 0.717) is 18.6 Å². The number of likely N-dealkylation sites (tertiary alicyclic amines) is 1. The number of nitrogens with one attached hydrogen (secondary N) is 2. The number of hydrogen-bond acceptors (Lipinski definition) is 3. The van der Waals surface area contributed by atoms with E-state index in [-0.39, 0.29) is 36.4 Å². The van der Waals surface area contributed by atoms with Crippen molar-refractivity contribution in [3.05, 3.63) is 0 Å². The van der Waals surface area contributed by atoms with Crippen LogP contribution in [0.25, 0.3) is 0 Å². The van der Waals surface area contributed by atoms with Crippen LogP contribution in [0.15, 0.2) is 4.99 Å². The highest BCUT2D eigenvalue weighted by molar-refractivity contribution is 14.0. The molecule has 0 radical (unpaired) electrons. The monoisotopic (exact) mass is 424 g/mol. The van der Waals surface area contributed by atoms with Crippen LogP contribution in [0.5, 0.6) is 0 Å². The maximum Gasteiger partial charge on any atom is 0.239 e. The first-order chi connectivity index (χ1) is 10.2. The highest BCUT2D eigenvalue weighted by Gasteiger charge is 2.41. The normalized spacial score (nSPS) is 20.1. The van der Waals surface area contributed by atoms with Gasteiger partial charge in [-0.3, -0.25) is 9.79 Å². The number of carbonyl (C=O) groups excluding carboxylic acids is 1. The fourth-order valence-corrected chi connectivity index (χ4v) is 3.50. The molecule has 0 bridgehead atoms. The SMILES string of the molecule is CN=C(NCC(=O)NCCOC)N1CCC2(CCCC2)C1.I. The van der Waals surface area contributed by atoms with Crippen LogP contribution in [0.1, 0.15) is 32.1 Å². The van der Waals surface area contributed by atoms with Gasteiger partial charge in [0.25, 0.3) is 0 Å². The van der Waals surface area contributed by atoms with Crippen molar-refractivity contribution in [2.75, 3.05) is 46.9 Å². The number of amides is 1. The molecular formula is C15H29IN4O2. The molecule has 0 aromatic carbocycles. The second-order valence-corrected chi connectivity index (χ2v) is 6.12. The van der Waals surface area contributed by atoms with Gasteiger partial charge in [-0.15, -0.1) is 24.0 Å². The number of rotatable bonds is 5. The van der Waals surface area contributed by atoms with E-state index in [0.717, 1.165) is 19.0 Å². The van der Waals surface area contributed by atoms with Gasteiger partial charge in [0.15, 0.2) is 5.96 Å². The second-order valence-electron chi connectivity index (χ2n) is 6.12. The van der Waals surface area contributed by atoms with E-state index in [1.54, 1.807) is 14.2 Å². The van der Waals surface area contributed by atoms with Gasteiger partial charge in [-0.1, -0.05) is 12.8 Å². The summed E-state index contributed by atoms with van der Waals surface area (Å²) in [4.78, 5) is 18.3. The third-order valence-corrected chi connectivity index (χ3v) is 4.65. The number of methoxy groups -OCH3 is 1. The maximum atomic E-state index is 11.7. The molecule has 1 heterocycles. The second kappa shape index (κ2) is 9.54. The van der Waals surface area contributed by atoms with Crippen LogP contribution in [-0.2, 0) is 9.53 Å². The van der Waals surface area contributed by atoms with Gasteiger partial charge in [0.1, 0.15) is 0 Å². The summed E-state index contributed by atoms with van der Waals surface area (Å²) in [6, 6.07) is 0. The largest absolute Gasteiger partial charge is 0.383 e. The Kier molecular flexibility index (Phi) is 8.45. The average Bonchev–Trinajstić information content (AvgIpc) is 3.11. The molecule has 2 fully saturated rings. The van der Waals surface area contributed by atoms with Gasteiger partial charge in [0.05, 0.1) is 13.2 Å². The Bertz CT molecular complexity index is 384. The highest BCUT2D eigenvalue weighted by atomic mass is 127.